The fraction of sp³-hybridized carbons (Fsp3) is 0.300. The molecule has 0 heterocycles. The molecule has 18 heavy (non-hydrogen) atoms. The average Bonchev–Trinajstić information content (AvgIpc) is 2.28. The van der Waals surface area contributed by atoms with Crippen LogP contribution in [0.4, 0.5) is 4.39 Å². The summed E-state index contributed by atoms with van der Waals surface area (Å²) in [7, 11) is -3.76. The molecular weight excluding hydrogens is 329 g/mol. The lowest BCUT2D eigenvalue weighted by atomic mass is 10.2. The van der Waals surface area contributed by atoms with Gasteiger partial charge in [-0.15, -0.1) is 0 Å². The zero-order valence-corrected chi connectivity index (χ0v) is 11.6. The SMILES string of the molecule is O=C(O)c1ccc(S(=O)(=O)NCCCF)c(Br)c1. The smallest absolute Gasteiger partial charge is 0.335 e. The van der Waals surface area contributed by atoms with Crippen LogP contribution in [0, 0.1) is 0 Å². The molecule has 8 heteroatoms. The van der Waals surface area contributed by atoms with Crippen molar-refractivity contribution in [3.8, 4) is 0 Å². The Morgan fingerprint density at radius 1 is 1.44 bits per heavy atom. The first-order chi connectivity index (χ1) is 8.38. The second-order valence-corrected chi connectivity index (χ2v) is 5.98. The molecule has 0 bridgehead atoms. The highest BCUT2D eigenvalue weighted by molar-refractivity contribution is 9.10. The van der Waals surface area contributed by atoms with Crippen LogP contribution in [0.5, 0.6) is 0 Å². The minimum Gasteiger partial charge on any atom is -0.478 e. The van der Waals surface area contributed by atoms with Crippen molar-refractivity contribution in [2.75, 3.05) is 13.2 Å². The molecule has 0 unspecified atom stereocenters. The number of hydrogen-bond acceptors (Lipinski definition) is 3. The predicted octanol–water partition coefficient (Wildman–Crippen LogP) is 1.79. The first-order valence-electron chi connectivity index (χ1n) is 4.97. The number of carboxylic acid groups (broad SMARTS) is 1. The van der Waals surface area contributed by atoms with E-state index in [0.717, 1.165) is 0 Å². The zero-order valence-electron chi connectivity index (χ0n) is 9.19. The molecule has 1 aromatic carbocycles. The molecule has 0 amide bonds. The van der Waals surface area contributed by atoms with Crippen LogP contribution in [0.2, 0.25) is 0 Å². The largest absolute Gasteiger partial charge is 0.478 e. The lowest BCUT2D eigenvalue weighted by molar-refractivity contribution is 0.0696. The van der Waals surface area contributed by atoms with Crippen LogP contribution in [0.1, 0.15) is 16.8 Å². The van der Waals surface area contributed by atoms with Crippen LogP contribution in [0.3, 0.4) is 0 Å². The fourth-order valence-corrected chi connectivity index (χ4v) is 3.35. The highest BCUT2D eigenvalue weighted by atomic mass is 79.9. The zero-order chi connectivity index (χ0) is 13.8. The maximum absolute atomic E-state index is 11.9. The minimum atomic E-state index is -3.76. The molecule has 0 spiro atoms. The third kappa shape index (κ3) is 3.76. The van der Waals surface area contributed by atoms with Gasteiger partial charge in [-0.25, -0.2) is 17.9 Å². The lowest BCUT2D eigenvalue weighted by Gasteiger charge is -2.08. The van der Waals surface area contributed by atoms with Gasteiger partial charge in [0.05, 0.1) is 17.1 Å². The van der Waals surface area contributed by atoms with Gasteiger partial charge >= 0.3 is 5.97 Å². The quantitative estimate of drug-likeness (QED) is 0.774. The second kappa shape index (κ2) is 6.26. The van der Waals surface area contributed by atoms with Crippen molar-refractivity contribution >= 4 is 31.9 Å². The summed E-state index contributed by atoms with van der Waals surface area (Å²) in [4.78, 5) is 10.6. The molecule has 0 atom stereocenters. The Morgan fingerprint density at radius 2 is 2.11 bits per heavy atom. The predicted molar refractivity (Wildman–Crippen MR) is 66.9 cm³/mol. The lowest BCUT2D eigenvalue weighted by Crippen LogP contribution is -2.25. The van der Waals surface area contributed by atoms with Gasteiger partial charge in [0.2, 0.25) is 10.0 Å². The number of carboxylic acids is 1. The van der Waals surface area contributed by atoms with E-state index in [1.165, 1.54) is 18.2 Å². The first kappa shape index (κ1) is 15.1. The summed E-state index contributed by atoms with van der Waals surface area (Å²) in [5, 5.41) is 8.75. The van der Waals surface area contributed by atoms with Crippen LogP contribution < -0.4 is 4.72 Å². The van der Waals surface area contributed by atoms with E-state index in [0.29, 0.717) is 0 Å². The topological polar surface area (TPSA) is 83.5 Å². The van der Waals surface area contributed by atoms with Gasteiger partial charge in [0.25, 0.3) is 0 Å². The van der Waals surface area contributed by atoms with Crippen molar-refractivity contribution in [3.63, 3.8) is 0 Å². The Kier molecular flexibility index (Phi) is 5.24. The van der Waals surface area contributed by atoms with Crippen molar-refractivity contribution in [1.82, 2.24) is 4.72 Å². The van der Waals surface area contributed by atoms with E-state index in [1.807, 2.05) is 0 Å². The van der Waals surface area contributed by atoms with E-state index in [2.05, 4.69) is 20.7 Å². The second-order valence-electron chi connectivity index (χ2n) is 3.39. The van der Waals surface area contributed by atoms with Crippen LogP contribution in [0.15, 0.2) is 27.6 Å². The standard InChI is InChI=1S/C10H11BrFNO4S/c11-8-6-7(10(14)15)2-3-9(8)18(16,17)13-5-1-4-12/h2-3,6,13H,1,4-5H2,(H,14,15). The Hall–Kier alpha value is -0.990. The van der Waals surface area contributed by atoms with Crippen molar-refractivity contribution in [2.45, 2.75) is 11.3 Å². The van der Waals surface area contributed by atoms with Crippen LogP contribution in [-0.4, -0.2) is 32.7 Å². The van der Waals surface area contributed by atoms with Gasteiger partial charge in [-0.2, -0.15) is 0 Å². The Labute approximate surface area is 112 Å². The van der Waals surface area contributed by atoms with Gasteiger partial charge in [0.1, 0.15) is 0 Å². The number of aromatic carboxylic acids is 1. The van der Waals surface area contributed by atoms with E-state index in [1.54, 1.807) is 0 Å². The highest BCUT2D eigenvalue weighted by Crippen LogP contribution is 2.23. The van der Waals surface area contributed by atoms with E-state index < -0.39 is 22.7 Å². The molecule has 100 valence electrons. The molecule has 2 N–H and O–H groups in total. The molecule has 0 radical (unpaired) electrons. The number of alkyl halides is 1. The molecule has 0 aliphatic carbocycles. The maximum Gasteiger partial charge on any atom is 0.335 e. The number of halogens is 2. The summed E-state index contributed by atoms with van der Waals surface area (Å²) in [5.74, 6) is -1.15. The van der Waals surface area contributed by atoms with Crippen molar-refractivity contribution in [2.24, 2.45) is 0 Å². The summed E-state index contributed by atoms with van der Waals surface area (Å²) >= 11 is 3.00. The van der Waals surface area contributed by atoms with Gasteiger partial charge in [0.15, 0.2) is 0 Å². The molecule has 1 aromatic rings. The van der Waals surface area contributed by atoms with Crippen LogP contribution in [0.25, 0.3) is 0 Å². The molecular formula is C10H11BrFNO4S. The molecule has 0 aliphatic rings. The molecule has 0 fully saturated rings. The van der Waals surface area contributed by atoms with Gasteiger partial charge in [-0.05, 0) is 40.5 Å². The fourth-order valence-electron chi connectivity index (χ4n) is 1.20. The molecule has 0 aromatic heterocycles. The summed E-state index contributed by atoms with van der Waals surface area (Å²) in [6.07, 6.45) is 0.0874. The number of benzene rings is 1. The molecule has 5 nitrogen and oxygen atoms in total. The summed E-state index contributed by atoms with van der Waals surface area (Å²) in [6, 6.07) is 3.58. The number of carbonyl (C=O) groups is 1. The molecule has 0 aliphatic heterocycles. The molecule has 0 saturated carbocycles. The monoisotopic (exact) mass is 339 g/mol. The van der Waals surface area contributed by atoms with Crippen molar-refractivity contribution < 1.29 is 22.7 Å². The Balaban J connectivity index is 2.99. The molecule has 1 rings (SSSR count). The maximum atomic E-state index is 11.9. The van der Waals surface area contributed by atoms with Crippen molar-refractivity contribution in [1.29, 1.82) is 0 Å². The van der Waals surface area contributed by atoms with Gasteiger partial charge in [-0.1, -0.05) is 0 Å². The number of sulfonamides is 1. The van der Waals surface area contributed by atoms with E-state index >= 15 is 0 Å². The van der Waals surface area contributed by atoms with Crippen LogP contribution >= 0.6 is 15.9 Å². The van der Waals surface area contributed by atoms with Crippen LogP contribution in [-0.2, 0) is 10.0 Å². The van der Waals surface area contributed by atoms with E-state index in [9.17, 15) is 17.6 Å². The summed E-state index contributed by atoms with van der Waals surface area (Å²) in [6.45, 7) is -0.617. The first-order valence-corrected chi connectivity index (χ1v) is 7.24. The summed E-state index contributed by atoms with van der Waals surface area (Å²) in [5.41, 5.74) is -0.0235. The number of hydrogen-bond donors (Lipinski definition) is 2. The third-order valence-electron chi connectivity index (χ3n) is 2.07. The minimum absolute atomic E-state index is 0.00798. The number of rotatable bonds is 6. The third-order valence-corrected chi connectivity index (χ3v) is 4.51. The highest BCUT2D eigenvalue weighted by Gasteiger charge is 2.18. The Bertz CT molecular complexity index is 547. The molecule has 0 saturated heterocycles. The van der Waals surface area contributed by atoms with Gasteiger partial charge < -0.3 is 5.11 Å². The number of nitrogens with one attached hydrogen (secondary N) is 1. The van der Waals surface area contributed by atoms with Gasteiger partial charge in [-0.3, -0.25) is 4.39 Å². The Morgan fingerprint density at radius 3 is 2.61 bits per heavy atom. The normalized spacial score (nSPS) is 11.4. The van der Waals surface area contributed by atoms with E-state index in [-0.39, 0.29) is 27.9 Å². The van der Waals surface area contributed by atoms with Gasteiger partial charge in [0, 0.05) is 11.0 Å². The average molecular weight is 340 g/mol. The van der Waals surface area contributed by atoms with Crippen molar-refractivity contribution in [3.05, 3.63) is 28.2 Å². The van der Waals surface area contributed by atoms with E-state index in [4.69, 9.17) is 5.11 Å². The summed E-state index contributed by atoms with van der Waals surface area (Å²) < 4.78 is 37.8.